The second-order valence-corrected chi connectivity index (χ2v) is 9.55. The van der Waals surface area contributed by atoms with Crippen LogP contribution in [0.1, 0.15) is 33.4 Å². The summed E-state index contributed by atoms with van der Waals surface area (Å²) in [6.07, 6.45) is 0. The minimum atomic E-state index is -4.12. The zero-order valence-corrected chi connectivity index (χ0v) is 19.3. The van der Waals surface area contributed by atoms with Crippen LogP contribution in [0.4, 0.5) is 0 Å². The summed E-state index contributed by atoms with van der Waals surface area (Å²) in [5.41, 5.74) is 2.68. The fourth-order valence-electron chi connectivity index (χ4n) is 4.09. The van der Waals surface area contributed by atoms with E-state index in [1.165, 1.54) is 35.7 Å². The maximum Gasteiger partial charge on any atom is 0.337 e. The third kappa shape index (κ3) is 4.03. The first-order valence-corrected chi connectivity index (χ1v) is 11.8. The van der Waals surface area contributed by atoms with Gasteiger partial charge in [0.2, 0.25) is 15.9 Å². The molecule has 0 spiro atoms. The summed E-state index contributed by atoms with van der Waals surface area (Å²) in [6.45, 7) is 3.83. The van der Waals surface area contributed by atoms with Gasteiger partial charge < -0.3 is 10.1 Å². The monoisotopic (exact) mass is 468 g/mol. The lowest BCUT2D eigenvalue weighted by molar-refractivity contribution is -0.127. The molecule has 1 saturated heterocycles. The fraction of sp³-hybridized carbons (Fsp3) is 0.261. The Morgan fingerprint density at radius 2 is 1.85 bits per heavy atom. The molecule has 172 valence electrons. The van der Waals surface area contributed by atoms with Crippen molar-refractivity contribution >= 4 is 21.9 Å². The number of hydrogen-bond acceptors (Lipinski definition) is 6. The SMILES string of the molecule is COC(=O)c1cccc(S(=O)(=O)N2CCNC(=O)[C@@H]2c2c(C)nn(-c3ccccc3)c2C)c1. The van der Waals surface area contributed by atoms with Crippen molar-refractivity contribution in [1.82, 2.24) is 19.4 Å². The number of esters is 1. The molecule has 0 saturated carbocycles. The largest absolute Gasteiger partial charge is 0.465 e. The number of sulfonamides is 1. The molecule has 2 heterocycles. The van der Waals surface area contributed by atoms with Crippen molar-refractivity contribution in [3.8, 4) is 5.69 Å². The zero-order chi connectivity index (χ0) is 23.8. The third-order valence-corrected chi connectivity index (χ3v) is 7.51. The van der Waals surface area contributed by atoms with E-state index in [4.69, 9.17) is 4.74 Å². The molecule has 9 nitrogen and oxygen atoms in total. The van der Waals surface area contributed by atoms with Crippen molar-refractivity contribution in [2.75, 3.05) is 20.2 Å². The van der Waals surface area contributed by atoms with Gasteiger partial charge in [0.05, 0.1) is 29.0 Å². The molecule has 1 aromatic heterocycles. The van der Waals surface area contributed by atoms with E-state index in [0.29, 0.717) is 17.0 Å². The zero-order valence-electron chi connectivity index (χ0n) is 18.5. The predicted octanol–water partition coefficient (Wildman–Crippen LogP) is 2.14. The quantitative estimate of drug-likeness (QED) is 0.575. The summed E-state index contributed by atoms with van der Waals surface area (Å²) >= 11 is 0. The topological polar surface area (TPSA) is 111 Å². The molecule has 2 aromatic carbocycles. The third-order valence-electron chi connectivity index (χ3n) is 5.65. The molecule has 1 atom stereocenters. The van der Waals surface area contributed by atoms with Crippen LogP contribution in [0.15, 0.2) is 59.5 Å². The van der Waals surface area contributed by atoms with Gasteiger partial charge in [0.1, 0.15) is 6.04 Å². The first-order chi connectivity index (χ1) is 15.8. The van der Waals surface area contributed by atoms with Gasteiger partial charge in [-0.1, -0.05) is 24.3 Å². The Kier molecular flexibility index (Phi) is 6.05. The van der Waals surface area contributed by atoms with Gasteiger partial charge in [-0.3, -0.25) is 4.79 Å². The molecule has 4 rings (SSSR count). The Labute approximate surface area is 192 Å². The Hall–Kier alpha value is -3.50. The van der Waals surface area contributed by atoms with Gasteiger partial charge in [-0.05, 0) is 44.2 Å². The van der Waals surface area contributed by atoms with Gasteiger partial charge in [0.15, 0.2) is 0 Å². The Bertz CT molecular complexity index is 1320. The molecule has 1 fully saturated rings. The molecule has 1 N–H and O–H groups in total. The number of aryl methyl sites for hydroxylation is 1. The van der Waals surface area contributed by atoms with Crippen LogP contribution in [-0.4, -0.2) is 54.6 Å². The van der Waals surface area contributed by atoms with Crippen molar-refractivity contribution in [3.63, 3.8) is 0 Å². The number of carbonyl (C=O) groups excluding carboxylic acids is 2. The van der Waals surface area contributed by atoms with Crippen LogP contribution in [0, 0.1) is 13.8 Å². The molecule has 10 heteroatoms. The van der Waals surface area contributed by atoms with Crippen LogP contribution >= 0.6 is 0 Å². The lowest BCUT2D eigenvalue weighted by Crippen LogP contribution is -2.52. The Morgan fingerprint density at radius 1 is 1.12 bits per heavy atom. The van der Waals surface area contributed by atoms with Crippen molar-refractivity contribution in [3.05, 3.63) is 77.1 Å². The minimum Gasteiger partial charge on any atom is -0.465 e. The molecule has 33 heavy (non-hydrogen) atoms. The molecule has 1 amide bonds. The molecule has 0 radical (unpaired) electrons. The highest BCUT2D eigenvalue weighted by Crippen LogP contribution is 2.34. The molecule has 1 aliphatic heterocycles. The van der Waals surface area contributed by atoms with E-state index in [2.05, 4.69) is 10.4 Å². The minimum absolute atomic E-state index is 0.0799. The predicted molar refractivity (Wildman–Crippen MR) is 120 cm³/mol. The van der Waals surface area contributed by atoms with Crippen LogP contribution in [-0.2, 0) is 19.6 Å². The van der Waals surface area contributed by atoms with Gasteiger partial charge in [-0.15, -0.1) is 0 Å². The lowest BCUT2D eigenvalue weighted by atomic mass is 10.0. The van der Waals surface area contributed by atoms with Gasteiger partial charge in [-0.25, -0.2) is 17.9 Å². The van der Waals surface area contributed by atoms with E-state index in [-0.39, 0.29) is 23.5 Å². The number of methoxy groups -OCH3 is 1. The van der Waals surface area contributed by atoms with E-state index >= 15 is 0 Å². The smallest absolute Gasteiger partial charge is 0.337 e. The highest BCUT2D eigenvalue weighted by molar-refractivity contribution is 7.89. The summed E-state index contributed by atoms with van der Waals surface area (Å²) in [7, 11) is -2.89. The molecular formula is C23H24N4O5S. The normalized spacial score (nSPS) is 16.9. The van der Waals surface area contributed by atoms with Gasteiger partial charge in [0, 0.05) is 24.3 Å². The maximum atomic E-state index is 13.6. The van der Waals surface area contributed by atoms with Crippen molar-refractivity contribution < 1.29 is 22.7 Å². The van der Waals surface area contributed by atoms with Crippen LogP contribution in [0.3, 0.4) is 0 Å². The number of benzene rings is 2. The number of amides is 1. The highest BCUT2D eigenvalue weighted by atomic mass is 32.2. The molecule has 0 aliphatic carbocycles. The molecular weight excluding hydrogens is 444 g/mol. The first kappa shape index (κ1) is 22.7. The fourth-order valence-corrected chi connectivity index (χ4v) is 5.70. The number of piperazine rings is 1. The van der Waals surface area contributed by atoms with Gasteiger partial charge in [-0.2, -0.15) is 9.40 Å². The van der Waals surface area contributed by atoms with Crippen LogP contribution in [0.2, 0.25) is 0 Å². The van der Waals surface area contributed by atoms with Crippen LogP contribution < -0.4 is 5.32 Å². The van der Waals surface area contributed by atoms with E-state index in [1.807, 2.05) is 37.3 Å². The van der Waals surface area contributed by atoms with Gasteiger partial charge >= 0.3 is 5.97 Å². The van der Waals surface area contributed by atoms with Crippen molar-refractivity contribution in [1.29, 1.82) is 0 Å². The number of nitrogens with zero attached hydrogens (tertiary/aromatic N) is 3. The highest BCUT2D eigenvalue weighted by Gasteiger charge is 2.42. The number of hydrogen-bond donors (Lipinski definition) is 1. The van der Waals surface area contributed by atoms with Crippen LogP contribution in [0.5, 0.6) is 0 Å². The van der Waals surface area contributed by atoms with Crippen molar-refractivity contribution in [2.24, 2.45) is 0 Å². The molecule has 0 bridgehead atoms. The maximum absolute atomic E-state index is 13.6. The standard InChI is InChI=1S/C23H24N4O5S/c1-15-20(16(2)27(25-15)18-9-5-4-6-10-18)21-22(28)24-12-13-26(21)33(30,31)19-11-7-8-17(14-19)23(29)32-3/h4-11,14,21H,12-13H2,1-3H3,(H,24,28)/t21-/m0/s1. The van der Waals surface area contributed by atoms with E-state index in [0.717, 1.165) is 5.69 Å². The Morgan fingerprint density at radius 3 is 2.55 bits per heavy atom. The summed E-state index contributed by atoms with van der Waals surface area (Å²) in [4.78, 5) is 24.9. The second-order valence-electron chi connectivity index (χ2n) is 7.66. The average molecular weight is 469 g/mol. The van der Waals surface area contributed by atoms with Gasteiger partial charge in [0.25, 0.3) is 0 Å². The number of para-hydroxylation sites is 1. The summed E-state index contributed by atoms with van der Waals surface area (Å²) in [5.74, 6) is -1.07. The molecule has 3 aromatic rings. The van der Waals surface area contributed by atoms with Crippen LogP contribution in [0.25, 0.3) is 5.69 Å². The van der Waals surface area contributed by atoms with E-state index in [1.54, 1.807) is 11.6 Å². The van der Waals surface area contributed by atoms with Crippen molar-refractivity contribution in [2.45, 2.75) is 24.8 Å². The summed E-state index contributed by atoms with van der Waals surface area (Å²) < 4.78 is 34.9. The average Bonchev–Trinajstić information content (AvgIpc) is 3.12. The summed E-state index contributed by atoms with van der Waals surface area (Å²) in [5, 5.41) is 7.35. The number of carbonyl (C=O) groups is 2. The van der Waals surface area contributed by atoms with E-state index in [9.17, 15) is 18.0 Å². The van der Waals surface area contributed by atoms with E-state index < -0.39 is 27.9 Å². The number of ether oxygens (including phenoxy) is 1. The number of aromatic nitrogens is 2. The lowest BCUT2D eigenvalue weighted by Gasteiger charge is -2.34. The molecule has 1 aliphatic rings. The summed E-state index contributed by atoms with van der Waals surface area (Å²) in [6, 6.07) is 13.9. The second kappa shape index (κ2) is 8.80. The number of nitrogens with one attached hydrogen (secondary N) is 1. The first-order valence-electron chi connectivity index (χ1n) is 10.3. The molecule has 0 unspecified atom stereocenters. The number of rotatable bonds is 5. The Balaban J connectivity index is 1.81.